The summed E-state index contributed by atoms with van der Waals surface area (Å²) in [5, 5.41) is 4.34. The number of hydrogen-bond acceptors (Lipinski definition) is 3. The average molecular weight is 316 g/mol. The molecule has 0 N–H and O–H groups in total. The topological polar surface area (TPSA) is 36.3 Å². The van der Waals surface area contributed by atoms with E-state index in [0.717, 1.165) is 5.46 Å². The molecule has 6 heteroatoms. The van der Waals surface area contributed by atoms with E-state index in [2.05, 4.69) is 5.10 Å². The molecule has 0 radical (unpaired) electrons. The lowest BCUT2D eigenvalue weighted by atomic mass is 9.82. The van der Waals surface area contributed by atoms with Gasteiger partial charge in [0.15, 0.2) is 0 Å². The van der Waals surface area contributed by atoms with Crippen LogP contribution in [0.3, 0.4) is 0 Å². The number of halogens is 1. The van der Waals surface area contributed by atoms with Gasteiger partial charge in [0, 0.05) is 24.4 Å². The van der Waals surface area contributed by atoms with Gasteiger partial charge in [-0.05, 0) is 45.7 Å². The summed E-state index contributed by atoms with van der Waals surface area (Å²) in [7, 11) is -0.415. The maximum atomic E-state index is 13.6. The zero-order valence-corrected chi connectivity index (χ0v) is 14.0. The second-order valence-electron chi connectivity index (χ2n) is 6.97. The van der Waals surface area contributed by atoms with E-state index in [1.54, 1.807) is 23.0 Å². The van der Waals surface area contributed by atoms with Crippen molar-refractivity contribution in [1.82, 2.24) is 9.78 Å². The van der Waals surface area contributed by atoms with Gasteiger partial charge in [0.1, 0.15) is 5.82 Å². The molecule has 1 saturated heterocycles. The van der Waals surface area contributed by atoms with Crippen LogP contribution in [0.25, 0.3) is 0 Å². The Balaban J connectivity index is 1.66. The third-order valence-corrected chi connectivity index (χ3v) is 4.75. The smallest absolute Gasteiger partial charge is 0.399 e. The Morgan fingerprint density at radius 3 is 2.43 bits per heavy atom. The summed E-state index contributed by atoms with van der Waals surface area (Å²) in [6.45, 7) is 8.71. The van der Waals surface area contributed by atoms with Crippen LogP contribution in [-0.4, -0.2) is 28.1 Å². The van der Waals surface area contributed by atoms with Crippen LogP contribution < -0.4 is 5.46 Å². The van der Waals surface area contributed by atoms with Gasteiger partial charge in [0.2, 0.25) is 0 Å². The number of rotatable bonds is 4. The lowest BCUT2D eigenvalue weighted by molar-refractivity contribution is 0.00578. The number of hydrogen-bond donors (Lipinski definition) is 0. The first-order valence-electron chi connectivity index (χ1n) is 7.90. The lowest BCUT2D eigenvalue weighted by Crippen LogP contribution is -2.41. The fourth-order valence-electron chi connectivity index (χ4n) is 2.54. The molecule has 122 valence electrons. The normalized spacial score (nSPS) is 19.3. The van der Waals surface area contributed by atoms with Gasteiger partial charge in [0.05, 0.1) is 11.2 Å². The molecule has 0 unspecified atom stereocenters. The molecule has 1 aliphatic rings. The predicted octanol–water partition coefficient (Wildman–Crippen LogP) is 2.56. The SMILES string of the molecule is CC1(C)OB(c2cnn(CCc3ccccc3F)c2)OC1(C)C. The molecule has 23 heavy (non-hydrogen) atoms. The van der Waals surface area contributed by atoms with E-state index in [1.165, 1.54) is 6.07 Å². The Hall–Kier alpha value is -1.66. The van der Waals surface area contributed by atoms with Crippen molar-refractivity contribution in [3.8, 4) is 0 Å². The van der Waals surface area contributed by atoms with E-state index in [0.29, 0.717) is 18.5 Å². The van der Waals surface area contributed by atoms with Crippen LogP contribution >= 0.6 is 0 Å². The molecule has 0 amide bonds. The van der Waals surface area contributed by atoms with E-state index in [9.17, 15) is 4.39 Å². The monoisotopic (exact) mass is 316 g/mol. The van der Waals surface area contributed by atoms with E-state index in [4.69, 9.17) is 9.31 Å². The van der Waals surface area contributed by atoms with Crippen LogP contribution in [0.5, 0.6) is 0 Å². The third kappa shape index (κ3) is 3.19. The fraction of sp³-hybridized carbons (Fsp3) is 0.471. The van der Waals surface area contributed by atoms with E-state index in [-0.39, 0.29) is 17.0 Å². The summed E-state index contributed by atoms with van der Waals surface area (Å²) in [6, 6.07) is 6.82. The summed E-state index contributed by atoms with van der Waals surface area (Å²) in [6.07, 6.45) is 4.25. The van der Waals surface area contributed by atoms with Crippen LogP contribution in [0.4, 0.5) is 4.39 Å². The first-order chi connectivity index (χ1) is 10.8. The van der Waals surface area contributed by atoms with E-state index < -0.39 is 7.12 Å². The molecule has 3 rings (SSSR count). The molecule has 0 saturated carbocycles. The molecule has 0 spiro atoms. The van der Waals surface area contributed by atoms with Gasteiger partial charge in [-0.2, -0.15) is 5.10 Å². The lowest BCUT2D eigenvalue weighted by Gasteiger charge is -2.32. The van der Waals surface area contributed by atoms with Crippen molar-refractivity contribution >= 4 is 12.6 Å². The van der Waals surface area contributed by atoms with Gasteiger partial charge in [-0.15, -0.1) is 0 Å². The summed E-state index contributed by atoms with van der Waals surface area (Å²) in [5.74, 6) is -0.175. The molecule has 0 aliphatic carbocycles. The second-order valence-corrected chi connectivity index (χ2v) is 6.97. The zero-order chi connectivity index (χ0) is 16.7. The van der Waals surface area contributed by atoms with Crippen LogP contribution in [0.15, 0.2) is 36.7 Å². The van der Waals surface area contributed by atoms with Crippen LogP contribution in [-0.2, 0) is 22.3 Å². The van der Waals surface area contributed by atoms with Gasteiger partial charge < -0.3 is 9.31 Å². The van der Waals surface area contributed by atoms with Crippen molar-refractivity contribution in [2.45, 2.75) is 51.9 Å². The third-order valence-electron chi connectivity index (χ3n) is 4.75. The molecule has 1 fully saturated rings. The molecule has 2 aromatic rings. The van der Waals surface area contributed by atoms with E-state index >= 15 is 0 Å². The minimum absolute atomic E-state index is 0.175. The fourth-order valence-corrected chi connectivity index (χ4v) is 2.54. The van der Waals surface area contributed by atoms with Crippen LogP contribution in [0, 0.1) is 5.82 Å². The number of aryl methyl sites for hydroxylation is 2. The van der Waals surface area contributed by atoms with Crippen molar-refractivity contribution in [2.75, 3.05) is 0 Å². The molecule has 1 aliphatic heterocycles. The average Bonchev–Trinajstić information content (AvgIpc) is 3.01. The van der Waals surface area contributed by atoms with Gasteiger partial charge in [-0.1, -0.05) is 18.2 Å². The highest BCUT2D eigenvalue weighted by atomic mass is 19.1. The molecule has 1 aromatic heterocycles. The number of nitrogens with zero attached hydrogens (tertiary/aromatic N) is 2. The molecule has 4 nitrogen and oxygen atoms in total. The molecule has 0 bridgehead atoms. The Kier molecular flexibility index (Phi) is 4.06. The molecule has 2 heterocycles. The minimum atomic E-state index is -0.415. The van der Waals surface area contributed by atoms with Gasteiger partial charge >= 0.3 is 7.12 Å². The Bertz CT molecular complexity index is 683. The van der Waals surface area contributed by atoms with Crippen molar-refractivity contribution in [1.29, 1.82) is 0 Å². The molecular formula is C17H22BFN2O2. The van der Waals surface area contributed by atoms with Crippen LogP contribution in [0.2, 0.25) is 0 Å². The highest BCUT2D eigenvalue weighted by Gasteiger charge is 2.52. The second kappa shape index (κ2) is 5.76. The number of benzene rings is 1. The standard InChI is InChI=1S/C17H22BFN2O2/c1-16(2)17(3,4)23-18(22-16)14-11-20-21(12-14)10-9-13-7-5-6-8-15(13)19/h5-8,11-12H,9-10H2,1-4H3. The quantitative estimate of drug-likeness (QED) is 0.814. The maximum Gasteiger partial charge on any atom is 0.498 e. The molecule has 1 aromatic carbocycles. The highest BCUT2D eigenvalue weighted by Crippen LogP contribution is 2.36. The number of aromatic nitrogens is 2. The van der Waals surface area contributed by atoms with Crippen LogP contribution in [0.1, 0.15) is 33.3 Å². The predicted molar refractivity (Wildman–Crippen MR) is 88.0 cm³/mol. The Morgan fingerprint density at radius 1 is 1.13 bits per heavy atom. The largest absolute Gasteiger partial charge is 0.498 e. The summed E-state index contributed by atoms with van der Waals surface area (Å²) >= 11 is 0. The first kappa shape index (κ1) is 16.2. The summed E-state index contributed by atoms with van der Waals surface area (Å²) < 4.78 is 27.5. The minimum Gasteiger partial charge on any atom is -0.399 e. The zero-order valence-electron chi connectivity index (χ0n) is 14.0. The van der Waals surface area contributed by atoms with Crippen molar-refractivity contribution < 1.29 is 13.7 Å². The highest BCUT2D eigenvalue weighted by molar-refractivity contribution is 6.61. The van der Waals surface area contributed by atoms with Crippen molar-refractivity contribution in [2.24, 2.45) is 0 Å². The van der Waals surface area contributed by atoms with Gasteiger partial charge in [-0.25, -0.2) is 4.39 Å². The first-order valence-corrected chi connectivity index (χ1v) is 7.90. The summed E-state index contributed by atoms with van der Waals surface area (Å²) in [4.78, 5) is 0. The summed E-state index contributed by atoms with van der Waals surface area (Å²) in [5.41, 5.74) is 0.845. The van der Waals surface area contributed by atoms with Crippen molar-refractivity contribution in [3.05, 3.63) is 48.0 Å². The van der Waals surface area contributed by atoms with E-state index in [1.807, 2.05) is 40.0 Å². The Labute approximate surface area is 136 Å². The van der Waals surface area contributed by atoms with Gasteiger partial charge in [0.25, 0.3) is 0 Å². The molecule has 0 atom stereocenters. The van der Waals surface area contributed by atoms with Crippen molar-refractivity contribution in [3.63, 3.8) is 0 Å². The molecular weight excluding hydrogens is 294 g/mol. The Morgan fingerprint density at radius 2 is 1.78 bits per heavy atom. The maximum absolute atomic E-state index is 13.6. The van der Waals surface area contributed by atoms with Gasteiger partial charge in [-0.3, -0.25) is 4.68 Å².